The lowest BCUT2D eigenvalue weighted by atomic mass is 10.5. The second-order valence-corrected chi connectivity index (χ2v) is 1.46. The van der Waals surface area contributed by atoms with Crippen LogP contribution in [0.5, 0.6) is 0 Å². The molecule has 0 rings (SSSR count). The Labute approximate surface area is 46.7 Å². The fourth-order valence-electron chi connectivity index (χ4n) is 0. The minimum atomic E-state index is -4.67. The van der Waals surface area contributed by atoms with E-state index in [1.807, 2.05) is 0 Å². The van der Waals surface area contributed by atoms with Gasteiger partial charge in [-0.1, -0.05) is 0 Å². The molecule has 8 heavy (non-hydrogen) atoms. The third-order valence-electron chi connectivity index (χ3n) is 0. The summed E-state index contributed by atoms with van der Waals surface area (Å²) in [5.41, 5.74) is 0. The summed E-state index contributed by atoms with van der Waals surface area (Å²) in [6.45, 7) is 0. The molecule has 0 unspecified atom stereocenters. The van der Waals surface area contributed by atoms with E-state index in [1.54, 1.807) is 0 Å². The maximum Gasteiger partial charge on any atom is 0.482 e. The van der Waals surface area contributed by atoms with Crippen molar-refractivity contribution in [1.29, 1.82) is 0 Å². The van der Waals surface area contributed by atoms with Crippen molar-refractivity contribution in [2.24, 2.45) is 0 Å². The maximum absolute atomic E-state index is 8.74. The lowest BCUT2D eigenvalue weighted by Crippen LogP contribution is -1.89. The summed E-state index contributed by atoms with van der Waals surface area (Å²) in [4.78, 5) is 0. The lowest BCUT2D eigenvalue weighted by Gasteiger charge is -1.68. The molecule has 0 heterocycles. The predicted octanol–water partition coefficient (Wildman–Crippen LogP) is -2.15. The maximum atomic E-state index is 8.74. The van der Waals surface area contributed by atoms with Gasteiger partial charge in [-0.2, -0.15) is 8.42 Å². The minimum Gasteiger partial charge on any atom is -0.429 e. The first kappa shape index (κ1) is 10.8. The van der Waals surface area contributed by atoms with Gasteiger partial charge in [0.1, 0.15) is 0 Å². The van der Waals surface area contributed by atoms with Crippen molar-refractivity contribution in [1.82, 2.24) is 0 Å². The molecular weight excluding hydrogens is 139 g/mol. The highest BCUT2D eigenvalue weighted by Crippen LogP contribution is 1.59. The van der Waals surface area contributed by atoms with Crippen molar-refractivity contribution in [3.63, 3.8) is 0 Å². The molecular formula is H4BO6S. The van der Waals surface area contributed by atoms with Gasteiger partial charge in [0.15, 0.2) is 0 Å². The van der Waals surface area contributed by atoms with E-state index in [9.17, 15) is 0 Å². The van der Waals surface area contributed by atoms with E-state index >= 15 is 0 Å². The van der Waals surface area contributed by atoms with Crippen molar-refractivity contribution in [3.05, 3.63) is 0 Å². The van der Waals surface area contributed by atoms with Crippen molar-refractivity contribution in [3.8, 4) is 0 Å². The molecule has 0 amide bonds. The summed E-state index contributed by atoms with van der Waals surface area (Å²) >= 11 is 0. The summed E-state index contributed by atoms with van der Waals surface area (Å²) in [6.07, 6.45) is 0. The van der Waals surface area contributed by atoms with Crippen LogP contribution in [0.2, 0.25) is 0 Å². The zero-order valence-electron chi connectivity index (χ0n) is 3.59. The Morgan fingerprint density at radius 1 is 1.12 bits per heavy atom. The van der Waals surface area contributed by atoms with Crippen LogP contribution in [0.1, 0.15) is 0 Å². The van der Waals surface area contributed by atoms with E-state index in [0.717, 1.165) is 0 Å². The van der Waals surface area contributed by atoms with Crippen LogP contribution in [0.4, 0.5) is 0 Å². The van der Waals surface area contributed by atoms with Crippen LogP contribution < -0.4 is 0 Å². The van der Waals surface area contributed by atoms with Gasteiger partial charge >= 0.3 is 18.1 Å². The largest absolute Gasteiger partial charge is 0.482 e. The van der Waals surface area contributed by atoms with E-state index in [4.69, 9.17) is 27.6 Å². The molecule has 49 valence electrons. The van der Waals surface area contributed by atoms with Gasteiger partial charge in [0.2, 0.25) is 0 Å². The zero-order valence-corrected chi connectivity index (χ0v) is 4.41. The monoisotopic (exact) mass is 143 g/mol. The predicted molar refractivity (Wildman–Crippen MR) is 24.4 cm³/mol. The van der Waals surface area contributed by atoms with Crippen LogP contribution in [0.3, 0.4) is 0 Å². The van der Waals surface area contributed by atoms with Crippen LogP contribution in [-0.4, -0.2) is 35.3 Å². The highest BCUT2D eigenvalue weighted by molar-refractivity contribution is 7.79. The third-order valence-corrected chi connectivity index (χ3v) is 0. The molecule has 1 radical (unpaired) electrons. The first-order valence-corrected chi connectivity index (χ1v) is 2.61. The fourth-order valence-corrected chi connectivity index (χ4v) is 0. The number of hydrogen-bond acceptors (Lipinski definition) is 4. The summed E-state index contributed by atoms with van der Waals surface area (Å²) in [5, 5.41) is 14.0. The Hall–Kier alpha value is -0.145. The normalized spacial score (nSPS) is 9.00. The number of hydrogen-bond donors (Lipinski definition) is 4. The van der Waals surface area contributed by atoms with Crippen LogP contribution in [0.25, 0.3) is 0 Å². The molecule has 0 aromatic rings. The van der Waals surface area contributed by atoms with Gasteiger partial charge in [0.25, 0.3) is 0 Å². The van der Waals surface area contributed by atoms with Gasteiger partial charge in [0, 0.05) is 0 Å². The molecule has 0 saturated carbocycles. The molecule has 6 nitrogen and oxygen atoms in total. The lowest BCUT2D eigenvalue weighted by molar-refractivity contribution is 0.381. The molecule has 4 N–H and O–H groups in total. The standard InChI is InChI=1S/BH2O2.H2O4S/c2-1-3;1-5(2,3)4/h2-3H;(H2,1,2,3,4). The van der Waals surface area contributed by atoms with E-state index < -0.39 is 10.4 Å². The van der Waals surface area contributed by atoms with Crippen molar-refractivity contribution < 1.29 is 27.6 Å². The second-order valence-electron chi connectivity index (χ2n) is 0.563. The molecule has 0 saturated heterocycles. The molecule has 0 aliphatic rings. The highest BCUT2D eigenvalue weighted by atomic mass is 32.3. The molecule has 0 aliphatic heterocycles. The quantitative estimate of drug-likeness (QED) is 0.227. The van der Waals surface area contributed by atoms with Crippen molar-refractivity contribution in [2.45, 2.75) is 0 Å². The molecule has 0 fully saturated rings. The van der Waals surface area contributed by atoms with E-state index in [2.05, 4.69) is 0 Å². The highest BCUT2D eigenvalue weighted by Gasteiger charge is 1.84. The van der Waals surface area contributed by atoms with Gasteiger partial charge in [-0.25, -0.2) is 0 Å². The Morgan fingerprint density at radius 2 is 1.12 bits per heavy atom. The molecule has 0 atom stereocenters. The Kier molecular flexibility index (Phi) is 6.73. The van der Waals surface area contributed by atoms with Crippen LogP contribution in [0, 0.1) is 0 Å². The van der Waals surface area contributed by atoms with Crippen molar-refractivity contribution in [2.75, 3.05) is 0 Å². The summed E-state index contributed by atoms with van der Waals surface area (Å²) in [6, 6.07) is 0. The Balaban J connectivity index is 0. The van der Waals surface area contributed by atoms with Gasteiger partial charge in [-0.05, 0) is 0 Å². The Morgan fingerprint density at radius 3 is 1.12 bits per heavy atom. The van der Waals surface area contributed by atoms with E-state index in [1.165, 1.54) is 0 Å². The first-order valence-electron chi connectivity index (χ1n) is 1.21. The summed E-state index contributed by atoms with van der Waals surface area (Å²) < 4.78 is 31.6. The smallest absolute Gasteiger partial charge is 0.429 e. The third kappa shape index (κ3) is 6560. The zero-order chi connectivity index (χ0) is 7.21. The molecule has 0 bridgehead atoms. The fraction of sp³-hybridized carbons (Fsp3) is 0. The topological polar surface area (TPSA) is 115 Å². The molecule has 0 aromatic heterocycles. The SMILES string of the molecule is O=S(=O)(O)O.O[B]O. The van der Waals surface area contributed by atoms with Gasteiger partial charge < -0.3 is 10.0 Å². The van der Waals surface area contributed by atoms with Gasteiger partial charge in [0.05, 0.1) is 0 Å². The summed E-state index contributed by atoms with van der Waals surface area (Å²) in [7, 11) is -4.67. The number of rotatable bonds is 0. The van der Waals surface area contributed by atoms with E-state index in [-0.39, 0.29) is 7.69 Å². The molecule has 0 aliphatic carbocycles. The second kappa shape index (κ2) is 5.00. The minimum absolute atomic E-state index is 0. The summed E-state index contributed by atoms with van der Waals surface area (Å²) in [5.74, 6) is 0. The average molecular weight is 143 g/mol. The molecule has 0 spiro atoms. The van der Waals surface area contributed by atoms with E-state index in [0.29, 0.717) is 0 Å². The average Bonchev–Trinajstić information content (AvgIpc) is 1.27. The molecule has 0 aromatic carbocycles. The first-order chi connectivity index (χ1) is 3.41. The van der Waals surface area contributed by atoms with Crippen LogP contribution in [0.15, 0.2) is 0 Å². The molecule has 8 heteroatoms. The van der Waals surface area contributed by atoms with Crippen LogP contribution >= 0.6 is 0 Å². The van der Waals surface area contributed by atoms with Gasteiger partial charge in [-0.15, -0.1) is 0 Å². The van der Waals surface area contributed by atoms with Gasteiger partial charge in [-0.3, -0.25) is 9.11 Å². The Bertz CT molecular complexity index is 102. The van der Waals surface area contributed by atoms with Crippen LogP contribution in [-0.2, 0) is 10.4 Å². The van der Waals surface area contributed by atoms with Crippen molar-refractivity contribution >= 4 is 18.1 Å².